The van der Waals surface area contributed by atoms with Gasteiger partial charge in [-0.15, -0.1) is 0 Å². The molecular weight excluding hydrogens is 263 g/mol. The summed E-state index contributed by atoms with van der Waals surface area (Å²) in [4.78, 5) is 0. The molecule has 2 unspecified atom stereocenters. The SMILES string of the molecule is Fc1cccc2c1C1(c3ccccc3)CCCCCC1O2. The van der Waals surface area contributed by atoms with Crippen LogP contribution in [-0.2, 0) is 5.41 Å². The van der Waals surface area contributed by atoms with Gasteiger partial charge >= 0.3 is 0 Å². The fourth-order valence-electron chi connectivity index (χ4n) is 4.16. The Labute approximate surface area is 124 Å². The van der Waals surface area contributed by atoms with Crippen molar-refractivity contribution in [1.29, 1.82) is 0 Å². The molecule has 1 fully saturated rings. The van der Waals surface area contributed by atoms with Crippen molar-refractivity contribution in [1.82, 2.24) is 0 Å². The molecule has 2 aromatic carbocycles. The molecule has 0 aromatic heterocycles. The molecule has 2 aliphatic rings. The van der Waals surface area contributed by atoms with Gasteiger partial charge in [0.2, 0.25) is 0 Å². The van der Waals surface area contributed by atoms with E-state index in [0.717, 1.165) is 37.0 Å². The Morgan fingerprint density at radius 3 is 2.67 bits per heavy atom. The summed E-state index contributed by atoms with van der Waals surface area (Å²) < 4.78 is 20.8. The van der Waals surface area contributed by atoms with Crippen LogP contribution in [0.4, 0.5) is 4.39 Å². The average molecular weight is 282 g/mol. The van der Waals surface area contributed by atoms with Crippen molar-refractivity contribution in [2.45, 2.75) is 43.6 Å². The number of hydrogen-bond donors (Lipinski definition) is 0. The fourth-order valence-corrected chi connectivity index (χ4v) is 4.16. The Hall–Kier alpha value is -1.83. The van der Waals surface area contributed by atoms with E-state index >= 15 is 0 Å². The van der Waals surface area contributed by atoms with Gasteiger partial charge in [0, 0.05) is 5.56 Å². The number of benzene rings is 2. The van der Waals surface area contributed by atoms with Crippen LogP contribution in [0, 0.1) is 5.82 Å². The first-order valence-corrected chi connectivity index (χ1v) is 7.83. The highest BCUT2D eigenvalue weighted by Gasteiger charge is 2.51. The molecule has 0 radical (unpaired) electrons. The zero-order valence-corrected chi connectivity index (χ0v) is 12.0. The van der Waals surface area contributed by atoms with Crippen LogP contribution in [0.25, 0.3) is 0 Å². The highest BCUT2D eigenvalue weighted by atomic mass is 19.1. The molecule has 1 aliphatic carbocycles. The lowest BCUT2D eigenvalue weighted by Crippen LogP contribution is -2.38. The highest BCUT2D eigenvalue weighted by Crippen LogP contribution is 2.53. The second kappa shape index (κ2) is 4.87. The third-order valence-electron chi connectivity index (χ3n) is 5.07. The average Bonchev–Trinajstić information content (AvgIpc) is 2.70. The maximum absolute atomic E-state index is 14.6. The summed E-state index contributed by atoms with van der Waals surface area (Å²) in [7, 11) is 0. The monoisotopic (exact) mass is 282 g/mol. The molecular formula is C19H19FO. The molecule has 0 spiro atoms. The second-order valence-corrected chi connectivity index (χ2v) is 6.16. The van der Waals surface area contributed by atoms with Crippen LogP contribution >= 0.6 is 0 Å². The van der Waals surface area contributed by atoms with Crippen LogP contribution in [0.1, 0.15) is 43.2 Å². The van der Waals surface area contributed by atoms with Crippen molar-refractivity contribution in [3.05, 3.63) is 65.5 Å². The van der Waals surface area contributed by atoms with Gasteiger partial charge in [0.1, 0.15) is 17.7 Å². The summed E-state index contributed by atoms with van der Waals surface area (Å²) in [5.74, 6) is 0.617. The maximum atomic E-state index is 14.6. The molecule has 2 atom stereocenters. The van der Waals surface area contributed by atoms with E-state index in [2.05, 4.69) is 12.1 Å². The Morgan fingerprint density at radius 2 is 1.81 bits per heavy atom. The van der Waals surface area contributed by atoms with Crippen LogP contribution < -0.4 is 4.74 Å². The first kappa shape index (κ1) is 12.9. The summed E-state index contributed by atoms with van der Waals surface area (Å²) in [6.07, 6.45) is 5.53. The van der Waals surface area contributed by atoms with E-state index in [4.69, 9.17) is 4.74 Å². The van der Waals surface area contributed by atoms with Gasteiger partial charge in [0.25, 0.3) is 0 Å². The number of halogens is 1. The van der Waals surface area contributed by atoms with E-state index in [1.54, 1.807) is 12.1 Å². The standard InChI is InChI=1S/C19H19FO/c20-15-10-7-11-16-18(15)19(14-8-3-1-4-9-14)13-6-2-5-12-17(19)21-16/h1,3-4,7-11,17H,2,5-6,12-13H2. The third-order valence-corrected chi connectivity index (χ3v) is 5.07. The molecule has 1 nitrogen and oxygen atoms in total. The van der Waals surface area contributed by atoms with Crippen molar-refractivity contribution >= 4 is 0 Å². The zero-order valence-electron chi connectivity index (χ0n) is 12.0. The second-order valence-electron chi connectivity index (χ2n) is 6.16. The normalized spacial score (nSPS) is 27.4. The number of rotatable bonds is 1. The molecule has 21 heavy (non-hydrogen) atoms. The van der Waals surface area contributed by atoms with Gasteiger partial charge in [-0.2, -0.15) is 0 Å². The quantitative estimate of drug-likeness (QED) is 0.727. The molecule has 2 aromatic rings. The number of fused-ring (bicyclic) bond motifs is 3. The van der Waals surface area contributed by atoms with Crippen molar-refractivity contribution in [3.8, 4) is 5.75 Å². The number of hydrogen-bond acceptors (Lipinski definition) is 1. The van der Waals surface area contributed by atoms with Crippen molar-refractivity contribution < 1.29 is 9.13 Å². The van der Waals surface area contributed by atoms with Crippen molar-refractivity contribution in [2.24, 2.45) is 0 Å². The fraction of sp³-hybridized carbons (Fsp3) is 0.368. The van der Waals surface area contributed by atoms with E-state index in [-0.39, 0.29) is 17.3 Å². The van der Waals surface area contributed by atoms with Gasteiger partial charge < -0.3 is 4.74 Å². The summed E-state index contributed by atoms with van der Waals surface area (Å²) in [5.41, 5.74) is 1.67. The summed E-state index contributed by atoms with van der Waals surface area (Å²) in [6.45, 7) is 0. The van der Waals surface area contributed by atoms with Gasteiger partial charge in [-0.25, -0.2) is 4.39 Å². The van der Waals surface area contributed by atoms with Crippen LogP contribution in [0.3, 0.4) is 0 Å². The van der Waals surface area contributed by atoms with Gasteiger partial charge in [-0.3, -0.25) is 0 Å². The van der Waals surface area contributed by atoms with E-state index in [1.165, 1.54) is 12.0 Å². The van der Waals surface area contributed by atoms with E-state index in [9.17, 15) is 4.39 Å². The molecule has 1 aliphatic heterocycles. The Kier molecular flexibility index (Phi) is 2.99. The number of ether oxygens (including phenoxy) is 1. The van der Waals surface area contributed by atoms with Crippen LogP contribution in [0.2, 0.25) is 0 Å². The van der Waals surface area contributed by atoms with Gasteiger partial charge in [-0.05, 0) is 37.0 Å². The lowest BCUT2D eigenvalue weighted by atomic mass is 9.68. The molecule has 0 amide bonds. The van der Waals surface area contributed by atoms with Gasteiger partial charge in [0.15, 0.2) is 0 Å². The largest absolute Gasteiger partial charge is 0.489 e. The lowest BCUT2D eigenvalue weighted by molar-refractivity contribution is 0.158. The predicted octanol–water partition coefficient (Wildman–Crippen LogP) is 4.84. The molecule has 4 rings (SSSR count). The van der Waals surface area contributed by atoms with E-state index in [0.29, 0.717) is 0 Å². The van der Waals surface area contributed by atoms with Gasteiger partial charge in [-0.1, -0.05) is 49.2 Å². The summed E-state index contributed by atoms with van der Waals surface area (Å²) >= 11 is 0. The topological polar surface area (TPSA) is 9.23 Å². The molecule has 1 heterocycles. The minimum Gasteiger partial charge on any atom is -0.489 e. The Bertz CT molecular complexity index is 652. The predicted molar refractivity (Wildman–Crippen MR) is 81.1 cm³/mol. The molecule has 1 saturated carbocycles. The summed E-state index contributed by atoms with van der Waals surface area (Å²) in [5, 5.41) is 0. The maximum Gasteiger partial charge on any atom is 0.131 e. The minimum atomic E-state index is -0.307. The highest BCUT2D eigenvalue weighted by molar-refractivity contribution is 5.53. The van der Waals surface area contributed by atoms with Crippen LogP contribution in [0.15, 0.2) is 48.5 Å². The van der Waals surface area contributed by atoms with Crippen LogP contribution in [0.5, 0.6) is 5.75 Å². The van der Waals surface area contributed by atoms with Crippen LogP contribution in [-0.4, -0.2) is 6.10 Å². The molecule has 2 heteroatoms. The summed E-state index contributed by atoms with van der Waals surface area (Å²) in [6, 6.07) is 15.6. The molecule has 0 saturated heterocycles. The Morgan fingerprint density at radius 1 is 0.952 bits per heavy atom. The molecule has 108 valence electrons. The molecule has 0 N–H and O–H groups in total. The zero-order chi connectivity index (χ0) is 14.3. The third kappa shape index (κ3) is 1.81. The van der Waals surface area contributed by atoms with E-state index in [1.807, 2.05) is 24.3 Å². The smallest absolute Gasteiger partial charge is 0.131 e. The first-order chi connectivity index (χ1) is 10.3. The lowest BCUT2D eigenvalue weighted by Gasteiger charge is -2.34. The van der Waals surface area contributed by atoms with Crippen molar-refractivity contribution in [2.75, 3.05) is 0 Å². The molecule has 0 bridgehead atoms. The van der Waals surface area contributed by atoms with Crippen molar-refractivity contribution in [3.63, 3.8) is 0 Å². The Balaban J connectivity index is 1.98. The first-order valence-electron chi connectivity index (χ1n) is 7.83. The minimum absolute atomic E-state index is 0.0642. The van der Waals surface area contributed by atoms with E-state index < -0.39 is 0 Å². The van der Waals surface area contributed by atoms with Gasteiger partial charge in [0.05, 0.1) is 5.41 Å².